The number of imidazole rings is 1. The quantitative estimate of drug-likeness (QED) is 0.920. The molecule has 0 bridgehead atoms. The summed E-state index contributed by atoms with van der Waals surface area (Å²) in [5.74, 6) is 1.10. The summed E-state index contributed by atoms with van der Waals surface area (Å²) in [6.07, 6.45) is 4.86. The predicted octanol–water partition coefficient (Wildman–Crippen LogP) is 3.63. The van der Waals surface area contributed by atoms with E-state index in [0.717, 1.165) is 18.8 Å². The van der Waals surface area contributed by atoms with E-state index >= 15 is 0 Å². The van der Waals surface area contributed by atoms with Gasteiger partial charge in [0.15, 0.2) is 0 Å². The lowest BCUT2D eigenvalue weighted by molar-refractivity contribution is 0.424. The highest BCUT2D eigenvalue weighted by molar-refractivity contribution is 5.44. The first kappa shape index (κ1) is 14.8. The van der Waals surface area contributed by atoms with Crippen LogP contribution in [-0.4, -0.2) is 15.1 Å². The number of hydrogen-bond acceptors (Lipinski definition) is 2. The van der Waals surface area contributed by atoms with Gasteiger partial charge in [-0.05, 0) is 39.3 Å². The summed E-state index contributed by atoms with van der Waals surface area (Å²) in [4.78, 5) is 4.43. The summed E-state index contributed by atoms with van der Waals surface area (Å²) in [7, 11) is 0. The molecule has 1 aromatic heterocycles. The Morgan fingerprint density at radius 3 is 2.65 bits per heavy atom. The molecular formula is C17H25N3. The van der Waals surface area contributed by atoms with E-state index in [1.54, 1.807) is 0 Å². The molecule has 0 radical (unpaired) electrons. The summed E-state index contributed by atoms with van der Waals surface area (Å²) < 4.78 is 2.19. The molecule has 0 aliphatic heterocycles. The van der Waals surface area contributed by atoms with Gasteiger partial charge in [0, 0.05) is 30.9 Å². The van der Waals surface area contributed by atoms with Crippen LogP contribution in [-0.2, 0) is 13.0 Å². The first-order valence-electron chi connectivity index (χ1n) is 7.28. The average Bonchev–Trinajstić information content (AvgIpc) is 2.83. The molecule has 0 saturated carbocycles. The second kappa shape index (κ2) is 5.80. The first-order chi connectivity index (χ1) is 9.40. The Balaban J connectivity index is 2.38. The van der Waals surface area contributed by atoms with Crippen LogP contribution in [0.3, 0.4) is 0 Å². The van der Waals surface area contributed by atoms with Crippen LogP contribution in [0.15, 0.2) is 30.6 Å². The number of benzene rings is 1. The van der Waals surface area contributed by atoms with Crippen LogP contribution in [0.5, 0.6) is 0 Å². The van der Waals surface area contributed by atoms with Crippen LogP contribution in [0.4, 0.5) is 0 Å². The van der Waals surface area contributed by atoms with Gasteiger partial charge in [-0.25, -0.2) is 4.98 Å². The predicted molar refractivity (Wildman–Crippen MR) is 84.3 cm³/mol. The maximum atomic E-state index is 4.43. The fraction of sp³-hybridized carbons (Fsp3) is 0.471. The minimum absolute atomic E-state index is 0.115. The number of aromatic nitrogens is 2. The maximum Gasteiger partial charge on any atom is 0.112 e. The highest BCUT2D eigenvalue weighted by atomic mass is 15.1. The molecule has 20 heavy (non-hydrogen) atoms. The van der Waals surface area contributed by atoms with Crippen molar-refractivity contribution in [3.05, 3.63) is 47.5 Å². The summed E-state index contributed by atoms with van der Waals surface area (Å²) >= 11 is 0. The lowest BCUT2D eigenvalue weighted by Crippen LogP contribution is -2.35. The van der Waals surface area contributed by atoms with Crippen molar-refractivity contribution in [2.75, 3.05) is 0 Å². The highest BCUT2D eigenvalue weighted by Crippen LogP contribution is 2.19. The Morgan fingerprint density at radius 1 is 1.25 bits per heavy atom. The van der Waals surface area contributed by atoms with Gasteiger partial charge in [-0.2, -0.15) is 0 Å². The molecule has 0 spiro atoms. The van der Waals surface area contributed by atoms with Crippen LogP contribution in [0.1, 0.15) is 44.6 Å². The zero-order chi connectivity index (χ0) is 14.8. The zero-order valence-corrected chi connectivity index (χ0v) is 13.2. The number of nitrogens with one attached hydrogen (secondary N) is 1. The molecule has 3 heteroatoms. The van der Waals surface area contributed by atoms with Crippen molar-refractivity contribution in [2.24, 2.45) is 0 Å². The van der Waals surface area contributed by atoms with Gasteiger partial charge in [-0.15, -0.1) is 0 Å². The molecule has 0 unspecified atom stereocenters. The summed E-state index contributed by atoms with van der Waals surface area (Å²) in [5.41, 5.74) is 3.94. The van der Waals surface area contributed by atoms with Crippen molar-refractivity contribution in [2.45, 2.75) is 53.1 Å². The molecule has 108 valence electrons. The van der Waals surface area contributed by atoms with Crippen molar-refractivity contribution in [1.82, 2.24) is 14.9 Å². The van der Waals surface area contributed by atoms with Gasteiger partial charge in [0.2, 0.25) is 0 Å². The molecule has 2 rings (SSSR count). The Hall–Kier alpha value is -1.61. The SMILES string of the molecule is CCc1nccn1-c1ccc(C)cc1CNC(C)(C)C. The first-order valence-corrected chi connectivity index (χ1v) is 7.28. The molecule has 0 amide bonds. The topological polar surface area (TPSA) is 29.9 Å². The van der Waals surface area contributed by atoms with E-state index in [9.17, 15) is 0 Å². The van der Waals surface area contributed by atoms with E-state index in [1.807, 2.05) is 12.4 Å². The molecule has 1 N–H and O–H groups in total. The molecule has 1 aromatic carbocycles. The van der Waals surface area contributed by atoms with E-state index in [0.29, 0.717) is 0 Å². The van der Waals surface area contributed by atoms with Gasteiger partial charge in [0.1, 0.15) is 5.82 Å². The molecular weight excluding hydrogens is 246 g/mol. The third kappa shape index (κ3) is 3.48. The van der Waals surface area contributed by atoms with Crippen molar-refractivity contribution in [1.29, 1.82) is 0 Å². The molecule has 0 saturated heterocycles. The summed E-state index contributed by atoms with van der Waals surface area (Å²) in [5, 5.41) is 3.57. The molecule has 3 nitrogen and oxygen atoms in total. The molecule has 2 aromatic rings. The minimum atomic E-state index is 0.115. The number of rotatable bonds is 4. The van der Waals surface area contributed by atoms with Crippen LogP contribution in [0.2, 0.25) is 0 Å². The second-order valence-electron chi connectivity index (χ2n) is 6.30. The fourth-order valence-corrected chi connectivity index (χ4v) is 2.27. The smallest absolute Gasteiger partial charge is 0.112 e. The standard InChI is InChI=1S/C17H25N3/c1-6-16-18-9-10-20(16)15-8-7-13(2)11-14(15)12-19-17(3,4)5/h7-11,19H,6,12H2,1-5H3. The molecule has 0 aliphatic rings. The maximum absolute atomic E-state index is 4.43. The third-order valence-electron chi connectivity index (χ3n) is 3.34. The van der Waals surface area contributed by atoms with E-state index in [-0.39, 0.29) is 5.54 Å². The van der Waals surface area contributed by atoms with Gasteiger partial charge in [-0.1, -0.05) is 24.6 Å². The minimum Gasteiger partial charge on any atom is -0.308 e. The largest absolute Gasteiger partial charge is 0.308 e. The molecule has 1 heterocycles. The Morgan fingerprint density at radius 2 is 2.00 bits per heavy atom. The summed E-state index contributed by atoms with van der Waals surface area (Å²) in [6.45, 7) is 11.7. The van der Waals surface area contributed by atoms with Gasteiger partial charge < -0.3 is 9.88 Å². The number of hydrogen-bond donors (Lipinski definition) is 1. The van der Waals surface area contributed by atoms with E-state index in [1.165, 1.54) is 16.8 Å². The van der Waals surface area contributed by atoms with Crippen LogP contribution < -0.4 is 5.32 Å². The molecule has 0 aliphatic carbocycles. The Kier molecular flexibility index (Phi) is 4.29. The second-order valence-corrected chi connectivity index (χ2v) is 6.30. The lowest BCUT2D eigenvalue weighted by Gasteiger charge is -2.22. The molecule has 0 fully saturated rings. The number of nitrogens with zero attached hydrogens (tertiary/aromatic N) is 2. The monoisotopic (exact) mass is 271 g/mol. The molecule has 0 atom stereocenters. The fourth-order valence-electron chi connectivity index (χ4n) is 2.27. The highest BCUT2D eigenvalue weighted by Gasteiger charge is 2.12. The van der Waals surface area contributed by atoms with Crippen LogP contribution in [0, 0.1) is 6.92 Å². The Labute approximate surface area is 122 Å². The van der Waals surface area contributed by atoms with Crippen LogP contribution in [0.25, 0.3) is 5.69 Å². The van der Waals surface area contributed by atoms with Crippen molar-refractivity contribution < 1.29 is 0 Å². The van der Waals surface area contributed by atoms with Crippen LogP contribution >= 0.6 is 0 Å². The summed E-state index contributed by atoms with van der Waals surface area (Å²) in [6, 6.07) is 6.61. The number of aryl methyl sites for hydroxylation is 2. The van der Waals surface area contributed by atoms with E-state index < -0.39 is 0 Å². The van der Waals surface area contributed by atoms with Gasteiger partial charge in [-0.3, -0.25) is 0 Å². The van der Waals surface area contributed by atoms with Gasteiger partial charge in [0.25, 0.3) is 0 Å². The van der Waals surface area contributed by atoms with E-state index in [2.05, 4.69) is 67.7 Å². The third-order valence-corrected chi connectivity index (χ3v) is 3.34. The van der Waals surface area contributed by atoms with Gasteiger partial charge in [0.05, 0.1) is 5.69 Å². The van der Waals surface area contributed by atoms with Gasteiger partial charge >= 0.3 is 0 Å². The normalized spacial score (nSPS) is 11.8. The van der Waals surface area contributed by atoms with Crippen molar-refractivity contribution >= 4 is 0 Å². The van der Waals surface area contributed by atoms with Crippen molar-refractivity contribution in [3.63, 3.8) is 0 Å². The zero-order valence-electron chi connectivity index (χ0n) is 13.2. The lowest BCUT2D eigenvalue weighted by atomic mass is 10.1. The van der Waals surface area contributed by atoms with E-state index in [4.69, 9.17) is 0 Å². The average molecular weight is 271 g/mol. The Bertz CT molecular complexity index is 576. The van der Waals surface area contributed by atoms with Crippen molar-refractivity contribution in [3.8, 4) is 5.69 Å².